The van der Waals surface area contributed by atoms with Gasteiger partial charge in [0.25, 0.3) is 5.91 Å². The molecule has 1 saturated heterocycles. The van der Waals surface area contributed by atoms with Crippen LogP contribution in [0.2, 0.25) is 0 Å². The molecule has 34 heavy (non-hydrogen) atoms. The second kappa shape index (κ2) is 9.49. The third-order valence-corrected chi connectivity index (χ3v) is 6.10. The summed E-state index contributed by atoms with van der Waals surface area (Å²) in [5.74, 6) is -0.500. The number of morpholine rings is 1. The lowest BCUT2D eigenvalue weighted by Gasteiger charge is -2.28. The third-order valence-electron chi connectivity index (χ3n) is 6.10. The molecule has 0 unspecified atom stereocenters. The van der Waals surface area contributed by atoms with Gasteiger partial charge in [0, 0.05) is 43.1 Å². The Morgan fingerprint density at radius 2 is 1.74 bits per heavy atom. The van der Waals surface area contributed by atoms with Crippen LogP contribution in [0.25, 0.3) is 21.7 Å². The number of rotatable bonds is 5. The molecule has 5 rings (SSSR count). The molecule has 3 aromatic carbocycles. The number of benzene rings is 3. The molecule has 2 heterocycles. The van der Waals surface area contributed by atoms with E-state index in [1.165, 1.54) is 4.90 Å². The molecule has 0 aliphatic carbocycles. The van der Waals surface area contributed by atoms with Gasteiger partial charge in [-0.1, -0.05) is 30.3 Å². The summed E-state index contributed by atoms with van der Waals surface area (Å²) in [6.45, 7) is 3.10. The highest BCUT2D eigenvalue weighted by Crippen LogP contribution is 2.28. The lowest BCUT2D eigenvalue weighted by atomic mass is 10.00. The second-order valence-corrected chi connectivity index (χ2v) is 8.40. The molecule has 7 heteroatoms. The van der Waals surface area contributed by atoms with Gasteiger partial charge in [0.1, 0.15) is 0 Å². The van der Waals surface area contributed by atoms with E-state index < -0.39 is 0 Å². The van der Waals surface area contributed by atoms with Crippen molar-refractivity contribution >= 4 is 44.9 Å². The zero-order valence-electron chi connectivity index (χ0n) is 19.0. The van der Waals surface area contributed by atoms with Crippen molar-refractivity contribution in [3.05, 3.63) is 78.5 Å². The molecule has 0 atom stereocenters. The molecular weight excluding hydrogens is 428 g/mol. The van der Waals surface area contributed by atoms with Crippen LogP contribution in [0.15, 0.2) is 72.9 Å². The van der Waals surface area contributed by atoms with Crippen molar-refractivity contribution in [3.8, 4) is 0 Å². The molecular formula is C27H26N4O3. The van der Waals surface area contributed by atoms with Crippen LogP contribution < -0.4 is 10.2 Å². The van der Waals surface area contributed by atoms with Crippen LogP contribution in [-0.2, 0) is 9.53 Å². The van der Waals surface area contributed by atoms with Gasteiger partial charge in [0.05, 0.1) is 30.8 Å². The quantitative estimate of drug-likeness (QED) is 0.463. The first kappa shape index (κ1) is 21.9. The number of carbonyl (C=O) groups excluding carboxylic acids is 2. The monoisotopic (exact) mass is 454 g/mol. The van der Waals surface area contributed by atoms with Gasteiger partial charge in [0.15, 0.2) is 0 Å². The van der Waals surface area contributed by atoms with Gasteiger partial charge in [-0.05, 0) is 47.2 Å². The molecule has 0 bridgehead atoms. The smallest absolute Gasteiger partial charge is 0.256 e. The van der Waals surface area contributed by atoms with E-state index in [-0.39, 0.29) is 18.4 Å². The number of ether oxygens (including phenoxy) is 1. The number of nitrogens with zero attached hydrogens (tertiary/aromatic N) is 3. The minimum Gasteiger partial charge on any atom is -0.378 e. The average Bonchev–Trinajstić information content (AvgIpc) is 2.88. The first-order valence-electron chi connectivity index (χ1n) is 11.3. The highest BCUT2D eigenvalue weighted by atomic mass is 16.5. The Kier molecular flexibility index (Phi) is 6.10. The van der Waals surface area contributed by atoms with E-state index in [0.717, 1.165) is 48.1 Å². The minimum absolute atomic E-state index is 0.0643. The summed E-state index contributed by atoms with van der Waals surface area (Å²) in [6, 6.07) is 21.3. The SMILES string of the molecule is CN(CC(=O)Nc1ccc(N2CCOCC2)cc1)C(=O)c1cc2ccccc2c2cccnc12. The van der Waals surface area contributed by atoms with Gasteiger partial charge >= 0.3 is 0 Å². The summed E-state index contributed by atoms with van der Waals surface area (Å²) >= 11 is 0. The number of likely N-dealkylation sites (N-methyl/N-ethyl adjacent to an activating group) is 1. The van der Waals surface area contributed by atoms with Crippen LogP contribution in [0.5, 0.6) is 0 Å². The summed E-state index contributed by atoms with van der Waals surface area (Å²) in [5, 5.41) is 5.81. The summed E-state index contributed by atoms with van der Waals surface area (Å²) in [4.78, 5) is 34.1. The molecule has 1 aromatic heterocycles. The van der Waals surface area contributed by atoms with Crippen molar-refractivity contribution in [3.63, 3.8) is 0 Å². The number of anilines is 2. The van der Waals surface area contributed by atoms with Crippen LogP contribution in [0.3, 0.4) is 0 Å². The van der Waals surface area contributed by atoms with Crippen LogP contribution in [-0.4, -0.2) is 61.6 Å². The largest absolute Gasteiger partial charge is 0.378 e. The standard InChI is InChI=1S/C27H26N4O3/c1-30(18-25(32)29-20-8-10-21(11-9-20)31-13-15-34-16-14-31)27(33)24-17-19-5-2-3-6-22(19)23-7-4-12-28-26(23)24/h2-12,17H,13-16,18H2,1H3,(H,29,32). The number of hydrogen-bond acceptors (Lipinski definition) is 5. The van der Waals surface area contributed by atoms with Crippen LogP contribution in [0, 0.1) is 0 Å². The normalized spacial score (nSPS) is 13.7. The maximum atomic E-state index is 13.3. The maximum Gasteiger partial charge on any atom is 0.256 e. The van der Waals surface area contributed by atoms with E-state index in [1.807, 2.05) is 66.7 Å². The molecule has 1 N–H and O–H groups in total. The van der Waals surface area contributed by atoms with Crippen LogP contribution in [0.1, 0.15) is 10.4 Å². The van der Waals surface area contributed by atoms with Gasteiger partial charge in [0.2, 0.25) is 5.91 Å². The van der Waals surface area contributed by atoms with Gasteiger partial charge in [-0.25, -0.2) is 0 Å². The Morgan fingerprint density at radius 1 is 1.00 bits per heavy atom. The fourth-order valence-corrected chi connectivity index (χ4v) is 4.36. The first-order chi connectivity index (χ1) is 16.6. The fourth-order valence-electron chi connectivity index (χ4n) is 4.36. The van der Waals surface area contributed by atoms with E-state index in [4.69, 9.17) is 4.74 Å². The summed E-state index contributed by atoms with van der Waals surface area (Å²) in [6.07, 6.45) is 1.68. The Bertz CT molecular complexity index is 1350. The molecule has 1 fully saturated rings. The summed E-state index contributed by atoms with van der Waals surface area (Å²) in [7, 11) is 1.63. The van der Waals surface area contributed by atoms with Crippen LogP contribution >= 0.6 is 0 Å². The second-order valence-electron chi connectivity index (χ2n) is 8.40. The zero-order valence-corrected chi connectivity index (χ0v) is 19.0. The molecule has 1 aliphatic rings. The highest BCUT2D eigenvalue weighted by Gasteiger charge is 2.20. The van der Waals surface area contributed by atoms with Gasteiger partial charge < -0.3 is 19.9 Å². The minimum atomic E-state index is -0.256. The number of amides is 2. The lowest BCUT2D eigenvalue weighted by molar-refractivity contribution is -0.116. The molecule has 0 saturated carbocycles. The number of aromatic nitrogens is 1. The van der Waals surface area contributed by atoms with Crippen molar-refractivity contribution < 1.29 is 14.3 Å². The molecule has 7 nitrogen and oxygen atoms in total. The van der Waals surface area contributed by atoms with Gasteiger partial charge in [-0.3, -0.25) is 14.6 Å². The molecule has 0 radical (unpaired) electrons. The van der Waals surface area contributed by atoms with Crippen molar-refractivity contribution in [1.82, 2.24) is 9.88 Å². The van der Waals surface area contributed by atoms with Gasteiger partial charge in [-0.15, -0.1) is 0 Å². The van der Waals surface area contributed by atoms with E-state index in [9.17, 15) is 9.59 Å². The number of fused-ring (bicyclic) bond motifs is 3. The number of hydrogen-bond donors (Lipinski definition) is 1. The Morgan fingerprint density at radius 3 is 2.53 bits per heavy atom. The zero-order chi connectivity index (χ0) is 23.5. The van der Waals surface area contributed by atoms with Crippen molar-refractivity contribution in [1.29, 1.82) is 0 Å². The molecule has 172 valence electrons. The van der Waals surface area contributed by atoms with E-state index in [2.05, 4.69) is 15.2 Å². The van der Waals surface area contributed by atoms with E-state index >= 15 is 0 Å². The number of carbonyl (C=O) groups is 2. The first-order valence-corrected chi connectivity index (χ1v) is 11.3. The lowest BCUT2D eigenvalue weighted by Crippen LogP contribution is -2.36. The van der Waals surface area contributed by atoms with Crippen molar-refractivity contribution in [2.75, 3.05) is 50.1 Å². The molecule has 1 aliphatic heterocycles. The molecule has 2 amide bonds. The maximum absolute atomic E-state index is 13.3. The highest BCUT2D eigenvalue weighted by molar-refractivity contribution is 6.16. The predicted octanol–water partition coefficient (Wildman–Crippen LogP) is 3.94. The summed E-state index contributed by atoms with van der Waals surface area (Å²) in [5.41, 5.74) is 2.92. The Labute approximate surface area is 197 Å². The molecule has 4 aromatic rings. The average molecular weight is 455 g/mol. The third kappa shape index (κ3) is 4.43. The van der Waals surface area contributed by atoms with E-state index in [0.29, 0.717) is 16.8 Å². The van der Waals surface area contributed by atoms with Crippen molar-refractivity contribution in [2.45, 2.75) is 0 Å². The van der Waals surface area contributed by atoms with E-state index in [1.54, 1.807) is 13.2 Å². The van der Waals surface area contributed by atoms with Crippen molar-refractivity contribution in [2.24, 2.45) is 0 Å². The topological polar surface area (TPSA) is 74.8 Å². The molecule has 0 spiro atoms. The van der Waals surface area contributed by atoms with Gasteiger partial charge in [-0.2, -0.15) is 0 Å². The Balaban J connectivity index is 1.29. The number of nitrogens with one attached hydrogen (secondary N) is 1. The summed E-state index contributed by atoms with van der Waals surface area (Å²) < 4.78 is 5.40. The predicted molar refractivity (Wildman–Crippen MR) is 134 cm³/mol. The fraction of sp³-hybridized carbons (Fsp3) is 0.222. The Hall–Kier alpha value is -3.97. The van der Waals surface area contributed by atoms with Crippen LogP contribution in [0.4, 0.5) is 11.4 Å². The number of pyridine rings is 1.